The smallest absolute Gasteiger partial charge is 0.124 e. The van der Waals surface area contributed by atoms with E-state index in [4.69, 9.17) is 0 Å². The maximum absolute atomic E-state index is 13.0. The quantitative estimate of drug-likeness (QED) is 0.822. The highest BCUT2D eigenvalue weighted by Gasteiger charge is 2.09. The third-order valence-electron chi connectivity index (χ3n) is 2.65. The van der Waals surface area contributed by atoms with Crippen LogP contribution >= 0.6 is 0 Å². The average Bonchev–Trinajstić information content (AvgIpc) is 2.89. The summed E-state index contributed by atoms with van der Waals surface area (Å²) < 4.78 is 14.8. The van der Waals surface area contributed by atoms with Crippen molar-refractivity contribution in [2.24, 2.45) is 4.99 Å². The highest BCUT2D eigenvalue weighted by Crippen LogP contribution is 2.14. The van der Waals surface area contributed by atoms with Gasteiger partial charge in [0.15, 0.2) is 0 Å². The minimum absolute atomic E-state index is 0.233. The second-order valence-corrected chi connectivity index (χ2v) is 3.76. The normalized spacial score (nSPS) is 15.2. The van der Waals surface area contributed by atoms with Gasteiger partial charge >= 0.3 is 0 Å². The molecular weight excluding hydrogens is 207 g/mol. The van der Waals surface area contributed by atoms with Gasteiger partial charge < -0.3 is 5.32 Å². The number of fused-ring (bicyclic) bond motifs is 1. The van der Waals surface area contributed by atoms with Crippen molar-refractivity contribution < 1.29 is 4.39 Å². The molecule has 1 aliphatic rings. The van der Waals surface area contributed by atoms with Gasteiger partial charge in [0.2, 0.25) is 0 Å². The van der Waals surface area contributed by atoms with E-state index in [1.807, 2.05) is 4.68 Å². The van der Waals surface area contributed by atoms with Gasteiger partial charge in [-0.1, -0.05) is 0 Å². The molecule has 4 nitrogen and oxygen atoms in total. The number of rotatable bonds is 2. The topological polar surface area (TPSA) is 42.2 Å². The third-order valence-corrected chi connectivity index (χ3v) is 2.65. The molecule has 0 saturated heterocycles. The number of halogens is 1. The Morgan fingerprint density at radius 3 is 3.19 bits per heavy atom. The summed E-state index contributed by atoms with van der Waals surface area (Å²) in [5.41, 5.74) is 0.929. The van der Waals surface area contributed by atoms with Crippen LogP contribution in [0, 0.1) is 5.82 Å². The first-order valence-electron chi connectivity index (χ1n) is 5.21. The van der Waals surface area contributed by atoms with Crippen molar-refractivity contribution in [2.75, 3.05) is 13.1 Å². The lowest BCUT2D eigenvalue weighted by Gasteiger charge is -2.04. The molecule has 0 fully saturated rings. The van der Waals surface area contributed by atoms with Gasteiger partial charge in [-0.15, -0.1) is 0 Å². The predicted molar refractivity (Wildman–Crippen MR) is 60.0 cm³/mol. The van der Waals surface area contributed by atoms with Gasteiger partial charge in [-0.3, -0.25) is 9.67 Å². The van der Waals surface area contributed by atoms with Gasteiger partial charge in [0, 0.05) is 11.9 Å². The summed E-state index contributed by atoms with van der Waals surface area (Å²) in [6.07, 6.45) is 1.67. The molecule has 0 amide bonds. The van der Waals surface area contributed by atoms with E-state index >= 15 is 0 Å². The summed E-state index contributed by atoms with van der Waals surface area (Å²) >= 11 is 0. The summed E-state index contributed by atoms with van der Waals surface area (Å²) in [6, 6.07) is 4.68. The maximum Gasteiger partial charge on any atom is 0.124 e. The van der Waals surface area contributed by atoms with Crippen molar-refractivity contribution in [3.05, 3.63) is 30.2 Å². The van der Waals surface area contributed by atoms with E-state index < -0.39 is 0 Å². The van der Waals surface area contributed by atoms with Crippen LogP contribution in [0.1, 0.15) is 0 Å². The highest BCUT2D eigenvalue weighted by molar-refractivity contribution is 5.86. The zero-order valence-electron chi connectivity index (χ0n) is 8.65. The molecule has 5 heteroatoms. The van der Waals surface area contributed by atoms with Crippen molar-refractivity contribution in [1.29, 1.82) is 0 Å². The maximum atomic E-state index is 13.0. The molecule has 1 N–H and O–H groups in total. The Kier molecular flexibility index (Phi) is 2.09. The number of aromatic nitrogens is 2. The van der Waals surface area contributed by atoms with Crippen molar-refractivity contribution in [1.82, 2.24) is 15.1 Å². The Labute approximate surface area is 91.8 Å². The van der Waals surface area contributed by atoms with Gasteiger partial charge in [-0.05, 0) is 18.2 Å². The summed E-state index contributed by atoms with van der Waals surface area (Å²) in [4.78, 5) is 4.31. The molecule has 82 valence electrons. The second-order valence-electron chi connectivity index (χ2n) is 3.76. The van der Waals surface area contributed by atoms with Crippen LogP contribution in [-0.4, -0.2) is 28.7 Å². The monoisotopic (exact) mass is 218 g/mol. The van der Waals surface area contributed by atoms with Crippen LogP contribution in [0.4, 0.5) is 4.39 Å². The van der Waals surface area contributed by atoms with E-state index in [0.29, 0.717) is 6.54 Å². The Balaban J connectivity index is 1.97. The molecule has 0 aliphatic carbocycles. The Bertz CT molecular complexity index is 558. The molecule has 3 rings (SSSR count). The van der Waals surface area contributed by atoms with Crippen molar-refractivity contribution in [3.63, 3.8) is 0 Å². The fraction of sp³-hybridized carbons (Fsp3) is 0.273. The fourth-order valence-electron chi connectivity index (χ4n) is 1.88. The lowest BCUT2D eigenvalue weighted by molar-refractivity contribution is 0.629. The van der Waals surface area contributed by atoms with Crippen molar-refractivity contribution >= 4 is 16.7 Å². The fourth-order valence-corrected chi connectivity index (χ4v) is 1.88. The number of benzene rings is 1. The molecule has 1 aliphatic heterocycles. The third kappa shape index (κ3) is 1.54. The van der Waals surface area contributed by atoms with Crippen molar-refractivity contribution in [3.8, 4) is 0 Å². The molecule has 1 aromatic heterocycles. The Hall–Kier alpha value is -1.91. The van der Waals surface area contributed by atoms with Gasteiger partial charge in [0.1, 0.15) is 11.7 Å². The summed E-state index contributed by atoms with van der Waals surface area (Å²) in [6.45, 7) is 2.33. The molecule has 2 heterocycles. The average molecular weight is 218 g/mol. The first-order chi connectivity index (χ1) is 7.83. The summed E-state index contributed by atoms with van der Waals surface area (Å²) in [5.74, 6) is 0.706. The minimum Gasteiger partial charge on any atom is -0.370 e. The first-order valence-corrected chi connectivity index (χ1v) is 5.21. The molecule has 0 radical (unpaired) electrons. The van der Waals surface area contributed by atoms with E-state index in [-0.39, 0.29) is 5.82 Å². The molecule has 0 atom stereocenters. The van der Waals surface area contributed by atoms with Crippen LogP contribution in [-0.2, 0) is 6.54 Å². The number of amidine groups is 1. The van der Waals surface area contributed by atoms with E-state index in [9.17, 15) is 4.39 Å². The van der Waals surface area contributed by atoms with Gasteiger partial charge in [0.05, 0.1) is 24.8 Å². The van der Waals surface area contributed by atoms with Crippen molar-refractivity contribution in [2.45, 2.75) is 6.54 Å². The van der Waals surface area contributed by atoms with Crippen LogP contribution in [0.2, 0.25) is 0 Å². The standard InChI is InChI=1S/C11H11FN4/c12-9-1-2-10-8(5-9)6-15-16(10)7-11-13-3-4-14-11/h1-2,5-6H,3-4,7H2,(H,13,14). The lowest BCUT2D eigenvalue weighted by Crippen LogP contribution is -2.24. The summed E-state index contributed by atoms with van der Waals surface area (Å²) in [7, 11) is 0. The molecule has 1 aromatic carbocycles. The zero-order valence-corrected chi connectivity index (χ0v) is 8.65. The van der Waals surface area contributed by atoms with Crippen LogP contribution < -0.4 is 5.32 Å². The van der Waals surface area contributed by atoms with E-state index in [1.54, 1.807) is 12.3 Å². The van der Waals surface area contributed by atoms with Crippen LogP contribution in [0.5, 0.6) is 0 Å². The Morgan fingerprint density at radius 2 is 2.38 bits per heavy atom. The molecular formula is C11H11FN4. The van der Waals surface area contributed by atoms with Crippen LogP contribution in [0.15, 0.2) is 29.4 Å². The predicted octanol–water partition coefficient (Wildman–Crippen LogP) is 1.18. The second kappa shape index (κ2) is 3.59. The molecule has 0 saturated carbocycles. The number of aliphatic imine (C=N–C) groups is 1. The molecule has 0 unspecified atom stereocenters. The molecule has 0 spiro atoms. The van der Waals surface area contributed by atoms with E-state index in [2.05, 4.69) is 15.4 Å². The van der Waals surface area contributed by atoms with Gasteiger partial charge in [0.25, 0.3) is 0 Å². The highest BCUT2D eigenvalue weighted by atomic mass is 19.1. The van der Waals surface area contributed by atoms with Gasteiger partial charge in [-0.2, -0.15) is 5.10 Å². The number of nitrogens with zero attached hydrogens (tertiary/aromatic N) is 3. The van der Waals surface area contributed by atoms with Gasteiger partial charge in [-0.25, -0.2) is 4.39 Å². The van der Waals surface area contributed by atoms with E-state index in [0.717, 1.165) is 29.8 Å². The SMILES string of the molecule is Fc1ccc2c(cnn2CC2=NCCN2)c1. The minimum atomic E-state index is -0.233. The first kappa shape index (κ1) is 9.33. The zero-order chi connectivity index (χ0) is 11.0. The molecule has 16 heavy (non-hydrogen) atoms. The summed E-state index contributed by atoms with van der Waals surface area (Å²) in [5, 5.41) is 8.23. The number of hydrogen-bond acceptors (Lipinski definition) is 3. The number of hydrogen-bond donors (Lipinski definition) is 1. The van der Waals surface area contributed by atoms with Crippen LogP contribution in [0.25, 0.3) is 10.9 Å². The molecule has 0 bridgehead atoms. The lowest BCUT2D eigenvalue weighted by atomic mass is 10.2. The number of nitrogens with one attached hydrogen (secondary N) is 1. The Morgan fingerprint density at radius 1 is 1.44 bits per heavy atom. The van der Waals surface area contributed by atoms with E-state index in [1.165, 1.54) is 12.1 Å². The largest absolute Gasteiger partial charge is 0.370 e. The molecule has 2 aromatic rings. The van der Waals surface area contributed by atoms with Crippen LogP contribution in [0.3, 0.4) is 0 Å².